The summed E-state index contributed by atoms with van der Waals surface area (Å²) < 4.78 is 12.3. The quantitative estimate of drug-likeness (QED) is 0.655. The molecule has 2 aliphatic rings. The van der Waals surface area contributed by atoms with Crippen LogP contribution in [0, 0.1) is 0 Å². The predicted octanol–water partition coefficient (Wildman–Crippen LogP) is 4.84. The van der Waals surface area contributed by atoms with Crippen molar-refractivity contribution in [2.45, 2.75) is 31.5 Å². The predicted molar refractivity (Wildman–Crippen MR) is 113 cm³/mol. The molecule has 0 bridgehead atoms. The van der Waals surface area contributed by atoms with Crippen molar-refractivity contribution < 1.29 is 9.47 Å². The second kappa shape index (κ2) is 7.72. The molecule has 0 unspecified atom stereocenters. The number of rotatable bonds is 5. The van der Waals surface area contributed by atoms with E-state index >= 15 is 0 Å². The Kier molecular flexibility index (Phi) is 5.32. The Hall–Kier alpha value is -1.73. The van der Waals surface area contributed by atoms with Crippen LogP contribution in [-0.4, -0.2) is 41.1 Å². The van der Waals surface area contributed by atoms with Crippen LogP contribution in [0.2, 0.25) is 0 Å². The van der Waals surface area contributed by atoms with E-state index in [2.05, 4.69) is 44.9 Å². The summed E-state index contributed by atoms with van der Waals surface area (Å²) in [5, 5.41) is 1.10. The number of nitrogens with zero attached hydrogens (tertiary/aromatic N) is 3. The second-order valence-electron chi connectivity index (χ2n) is 6.57. The van der Waals surface area contributed by atoms with Gasteiger partial charge in [0.05, 0.1) is 26.0 Å². The molecule has 0 saturated carbocycles. The molecule has 1 saturated heterocycles. The second-order valence-corrected chi connectivity index (χ2v) is 8.47. The van der Waals surface area contributed by atoms with Crippen LogP contribution in [-0.2, 0) is 0 Å². The normalized spacial score (nSPS) is 23.9. The monoisotopic (exact) mass is 447 g/mol. The molecule has 27 heavy (non-hydrogen) atoms. The first-order valence-corrected chi connectivity index (χ1v) is 10.8. The SMILES string of the molecule is CC[C@H]1CSC2=N[C@@H](c3ccccn3)[C@@H](c3cc(Br)cc(OC)c3OC)N21. The van der Waals surface area contributed by atoms with Gasteiger partial charge in [0, 0.05) is 28.0 Å². The summed E-state index contributed by atoms with van der Waals surface area (Å²) in [6.45, 7) is 2.23. The third-order valence-corrected chi connectivity index (χ3v) is 6.70. The highest BCUT2D eigenvalue weighted by Gasteiger charge is 2.46. The maximum atomic E-state index is 5.79. The number of fused-ring (bicyclic) bond motifs is 1. The van der Waals surface area contributed by atoms with Crippen LogP contribution in [0.4, 0.5) is 0 Å². The summed E-state index contributed by atoms with van der Waals surface area (Å²) >= 11 is 5.47. The minimum Gasteiger partial charge on any atom is -0.493 e. The highest BCUT2D eigenvalue weighted by molar-refractivity contribution is 9.10. The number of methoxy groups -OCH3 is 2. The first-order chi connectivity index (χ1) is 13.2. The van der Waals surface area contributed by atoms with Crippen LogP contribution in [0.1, 0.15) is 36.7 Å². The zero-order chi connectivity index (χ0) is 19.0. The van der Waals surface area contributed by atoms with Crippen LogP contribution in [0.15, 0.2) is 46.0 Å². The summed E-state index contributed by atoms with van der Waals surface area (Å²) in [5.74, 6) is 2.54. The van der Waals surface area contributed by atoms with E-state index in [0.29, 0.717) is 6.04 Å². The molecule has 2 aliphatic heterocycles. The number of aliphatic imine (C=N–C) groups is 1. The smallest absolute Gasteiger partial charge is 0.166 e. The summed E-state index contributed by atoms with van der Waals surface area (Å²) in [6, 6.07) is 10.5. The van der Waals surface area contributed by atoms with Crippen molar-refractivity contribution in [2.24, 2.45) is 4.99 Å². The fourth-order valence-electron chi connectivity index (χ4n) is 3.87. The number of amidine groups is 1. The van der Waals surface area contributed by atoms with Crippen molar-refractivity contribution in [1.29, 1.82) is 0 Å². The fraction of sp³-hybridized carbons (Fsp3) is 0.400. The van der Waals surface area contributed by atoms with E-state index in [1.165, 1.54) is 0 Å². The van der Waals surface area contributed by atoms with Crippen LogP contribution in [0.3, 0.4) is 0 Å². The van der Waals surface area contributed by atoms with E-state index in [1.54, 1.807) is 14.2 Å². The van der Waals surface area contributed by atoms with E-state index in [-0.39, 0.29) is 12.1 Å². The molecular weight excluding hydrogens is 426 g/mol. The Morgan fingerprint density at radius 1 is 1.26 bits per heavy atom. The van der Waals surface area contributed by atoms with Crippen molar-refractivity contribution in [3.63, 3.8) is 0 Å². The minimum atomic E-state index is -0.0732. The van der Waals surface area contributed by atoms with Gasteiger partial charge in [0.15, 0.2) is 16.7 Å². The zero-order valence-electron chi connectivity index (χ0n) is 15.6. The lowest BCUT2D eigenvalue weighted by atomic mass is 9.94. The number of pyridine rings is 1. The van der Waals surface area contributed by atoms with Crippen molar-refractivity contribution in [3.05, 3.63) is 52.3 Å². The summed E-state index contributed by atoms with van der Waals surface area (Å²) in [7, 11) is 3.36. The molecule has 1 aromatic carbocycles. The number of halogens is 1. The number of benzene rings is 1. The van der Waals surface area contributed by atoms with E-state index in [1.807, 2.05) is 36.2 Å². The van der Waals surface area contributed by atoms with Gasteiger partial charge >= 0.3 is 0 Å². The number of ether oxygens (including phenoxy) is 2. The number of hydrogen-bond donors (Lipinski definition) is 0. The molecule has 4 rings (SSSR count). The summed E-state index contributed by atoms with van der Waals surface area (Å²) in [4.78, 5) is 12.1. The van der Waals surface area contributed by atoms with Crippen LogP contribution >= 0.6 is 27.7 Å². The highest BCUT2D eigenvalue weighted by Crippen LogP contribution is 2.52. The molecular formula is C20H22BrN3O2S. The molecule has 0 spiro atoms. The fourth-order valence-corrected chi connectivity index (χ4v) is 5.66. The zero-order valence-corrected chi connectivity index (χ0v) is 18.0. The van der Waals surface area contributed by atoms with Gasteiger partial charge in [-0.15, -0.1) is 0 Å². The largest absolute Gasteiger partial charge is 0.493 e. The topological polar surface area (TPSA) is 47.0 Å². The Labute approximate surface area is 172 Å². The molecule has 2 aromatic rings. The molecule has 0 N–H and O–H groups in total. The van der Waals surface area contributed by atoms with E-state index in [0.717, 1.165) is 44.6 Å². The third kappa shape index (κ3) is 3.21. The first-order valence-electron chi connectivity index (χ1n) is 8.99. The molecule has 142 valence electrons. The molecule has 3 atom stereocenters. The average Bonchev–Trinajstić information content (AvgIpc) is 3.26. The Balaban J connectivity index is 1.88. The Morgan fingerprint density at radius 2 is 2.11 bits per heavy atom. The van der Waals surface area contributed by atoms with Gasteiger partial charge < -0.3 is 14.4 Å². The number of aromatic nitrogens is 1. The molecule has 0 aliphatic carbocycles. The lowest BCUT2D eigenvalue weighted by Gasteiger charge is -2.33. The maximum absolute atomic E-state index is 5.79. The van der Waals surface area contributed by atoms with Gasteiger partial charge in [-0.1, -0.05) is 40.7 Å². The summed E-state index contributed by atoms with van der Waals surface area (Å²) in [5.41, 5.74) is 2.04. The number of hydrogen-bond acceptors (Lipinski definition) is 6. The van der Waals surface area contributed by atoms with E-state index in [4.69, 9.17) is 14.5 Å². The van der Waals surface area contributed by atoms with Crippen molar-refractivity contribution >= 4 is 32.9 Å². The van der Waals surface area contributed by atoms with Crippen molar-refractivity contribution in [2.75, 3.05) is 20.0 Å². The van der Waals surface area contributed by atoms with Crippen LogP contribution < -0.4 is 9.47 Å². The first kappa shape index (κ1) is 18.6. The lowest BCUT2D eigenvalue weighted by molar-refractivity contribution is 0.246. The van der Waals surface area contributed by atoms with Gasteiger partial charge in [0.2, 0.25) is 0 Å². The molecule has 5 nitrogen and oxygen atoms in total. The van der Waals surface area contributed by atoms with E-state index in [9.17, 15) is 0 Å². The maximum Gasteiger partial charge on any atom is 0.166 e. The van der Waals surface area contributed by atoms with Crippen LogP contribution in [0.5, 0.6) is 11.5 Å². The summed E-state index contributed by atoms with van der Waals surface area (Å²) in [6.07, 6.45) is 2.91. The van der Waals surface area contributed by atoms with Gasteiger partial charge in [-0.3, -0.25) is 9.98 Å². The van der Waals surface area contributed by atoms with E-state index < -0.39 is 0 Å². The molecule has 1 aromatic heterocycles. The Bertz CT molecular complexity index is 862. The van der Waals surface area contributed by atoms with Gasteiger partial charge in [-0.2, -0.15) is 0 Å². The van der Waals surface area contributed by atoms with Gasteiger partial charge in [0.25, 0.3) is 0 Å². The van der Waals surface area contributed by atoms with Crippen molar-refractivity contribution in [3.8, 4) is 11.5 Å². The highest BCUT2D eigenvalue weighted by atomic mass is 79.9. The average molecular weight is 448 g/mol. The van der Waals surface area contributed by atoms with Crippen molar-refractivity contribution in [1.82, 2.24) is 9.88 Å². The van der Waals surface area contributed by atoms with Crippen LogP contribution in [0.25, 0.3) is 0 Å². The lowest BCUT2D eigenvalue weighted by Crippen LogP contribution is -2.35. The van der Waals surface area contributed by atoms with Gasteiger partial charge in [0.1, 0.15) is 6.04 Å². The third-order valence-electron chi connectivity index (χ3n) is 5.12. The standard InChI is InChI=1S/C20H22BrN3O2S/c1-4-13-11-27-20-23-17(15-7-5-6-8-22-15)18(24(13)20)14-9-12(21)10-16(25-2)19(14)26-3/h5-10,13,17-18H,4,11H2,1-3H3/t13-,17-,18+/m0/s1. The molecule has 1 fully saturated rings. The molecule has 7 heteroatoms. The van der Waals surface area contributed by atoms with Gasteiger partial charge in [-0.05, 0) is 30.7 Å². The molecule has 3 heterocycles. The minimum absolute atomic E-state index is 0.0243. The molecule has 0 radical (unpaired) electrons. The number of thioether (sulfide) groups is 1. The Morgan fingerprint density at radius 3 is 2.78 bits per heavy atom. The molecule has 0 amide bonds. The van der Waals surface area contributed by atoms with Gasteiger partial charge in [-0.25, -0.2) is 0 Å².